The maximum Gasteiger partial charge on any atom is 0.299 e. The highest BCUT2D eigenvalue weighted by molar-refractivity contribution is 7.90. The molecule has 0 atom stereocenters. The van der Waals surface area contributed by atoms with Crippen molar-refractivity contribution in [2.24, 2.45) is 0 Å². The van der Waals surface area contributed by atoms with Crippen molar-refractivity contribution in [2.75, 3.05) is 23.3 Å². The molecule has 12 heteroatoms. The van der Waals surface area contributed by atoms with Crippen molar-refractivity contribution in [1.29, 1.82) is 5.26 Å². The molecule has 4 rings (SSSR count). The first-order chi connectivity index (χ1) is 15.1. The zero-order valence-corrected chi connectivity index (χ0v) is 18.0. The quantitative estimate of drug-likeness (QED) is 0.483. The van der Waals surface area contributed by atoms with Crippen LogP contribution in [0.4, 0.5) is 15.8 Å². The molecule has 1 aliphatic heterocycles. The van der Waals surface area contributed by atoms with Gasteiger partial charge in [0.2, 0.25) is 5.95 Å². The van der Waals surface area contributed by atoms with Gasteiger partial charge in [-0.15, -0.1) is 0 Å². The molecule has 0 bridgehead atoms. The van der Waals surface area contributed by atoms with E-state index in [1.54, 1.807) is 44.3 Å². The van der Waals surface area contributed by atoms with Crippen molar-refractivity contribution < 1.29 is 22.3 Å². The van der Waals surface area contributed by atoms with E-state index in [-0.39, 0.29) is 36.0 Å². The number of rotatable bonds is 6. The number of anilines is 2. The van der Waals surface area contributed by atoms with Crippen LogP contribution in [0.5, 0.6) is 0 Å². The van der Waals surface area contributed by atoms with Gasteiger partial charge in [0, 0.05) is 23.5 Å². The smallest absolute Gasteiger partial charge is 0.299 e. The summed E-state index contributed by atoms with van der Waals surface area (Å²) in [6, 6.07) is 9.00. The SMILES string of the molecule is Cc1c(NS(=O)(=O)NC2(C)COC2)c2ccccn2c1C(=O)Nc1cc(F)nc(C#N)c1. The minimum Gasteiger partial charge on any atom is -0.377 e. The van der Waals surface area contributed by atoms with Gasteiger partial charge in [0.15, 0.2) is 0 Å². The maximum atomic E-state index is 13.6. The summed E-state index contributed by atoms with van der Waals surface area (Å²) in [5.41, 5.74) is 0.339. The lowest BCUT2D eigenvalue weighted by atomic mass is 10.0. The summed E-state index contributed by atoms with van der Waals surface area (Å²) < 4.78 is 50.8. The molecule has 1 saturated heterocycles. The Kier molecular flexibility index (Phi) is 5.33. The molecule has 4 heterocycles. The first-order valence-corrected chi connectivity index (χ1v) is 11.0. The minimum atomic E-state index is -3.97. The molecular formula is C20H19FN6O4S. The molecule has 0 spiro atoms. The second kappa shape index (κ2) is 7.86. The molecule has 0 aliphatic carbocycles. The van der Waals surface area contributed by atoms with Crippen molar-refractivity contribution in [3.8, 4) is 6.07 Å². The molecule has 32 heavy (non-hydrogen) atoms. The molecule has 166 valence electrons. The van der Waals surface area contributed by atoms with E-state index >= 15 is 0 Å². The topological polar surface area (TPSA) is 138 Å². The van der Waals surface area contributed by atoms with Crippen LogP contribution in [0, 0.1) is 24.2 Å². The standard InChI is InChI=1S/C20H19FN6O4S/c1-12-17(25-32(29,30)26-20(2)10-31-11-20)15-5-3-4-6-27(15)18(12)19(28)24-13-7-14(9-22)23-16(21)8-13/h3-8,25-26H,10-11H2,1-2H3,(H,23,24,28). The van der Waals surface area contributed by atoms with Crippen LogP contribution in [-0.4, -0.2) is 42.5 Å². The minimum absolute atomic E-state index is 0.0473. The third-order valence-electron chi connectivity index (χ3n) is 4.93. The molecule has 0 saturated carbocycles. The Morgan fingerprint density at radius 1 is 1.34 bits per heavy atom. The van der Waals surface area contributed by atoms with E-state index < -0.39 is 27.6 Å². The number of hydrogen-bond acceptors (Lipinski definition) is 6. The van der Waals surface area contributed by atoms with E-state index in [1.165, 1.54) is 10.5 Å². The van der Waals surface area contributed by atoms with E-state index in [0.29, 0.717) is 11.1 Å². The second-order valence-corrected chi connectivity index (χ2v) is 9.11. The fourth-order valence-electron chi connectivity index (χ4n) is 3.51. The summed E-state index contributed by atoms with van der Waals surface area (Å²) in [6.07, 6.45) is 1.61. The van der Waals surface area contributed by atoms with Crippen molar-refractivity contribution in [3.05, 3.63) is 59.4 Å². The molecule has 3 N–H and O–H groups in total. The Morgan fingerprint density at radius 3 is 2.75 bits per heavy atom. The number of pyridine rings is 2. The summed E-state index contributed by atoms with van der Waals surface area (Å²) in [4.78, 5) is 16.5. The first kappa shape index (κ1) is 21.7. The number of amides is 1. The predicted octanol–water partition coefficient (Wildman–Crippen LogP) is 1.94. The van der Waals surface area contributed by atoms with Gasteiger partial charge in [-0.05, 0) is 32.0 Å². The van der Waals surface area contributed by atoms with E-state index in [2.05, 4.69) is 19.7 Å². The molecule has 0 radical (unpaired) electrons. The molecule has 10 nitrogen and oxygen atoms in total. The third-order valence-corrected chi connectivity index (χ3v) is 6.16. The van der Waals surface area contributed by atoms with Gasteiger partial charge in [-0.1, -0.05) is 6.07 Å². The van der Waals surface area contributed by atoms with Gasteiger partial charge in [-0.25, -0.2) is 4.98 Å². The lowest BCUT2D eigenvalue weighted by molar-refractivity contribution is -0.0522. The van der Waals surface area contributed by atoms with Crippen molar-refractivity contribution in [1.82, 2.24) is 14.1 Å². The number of carbonyl (C=O) groups is 1. The van der Waals surface area contributed by atoms with Gasteiger partial charge < -0.3 is 14.5 Å². The third kappa shape index (κ3) is 4.13. The Hall–Kier alpha value is -3.53. The summed E-state index contributed by atoms with van der Waals surface area (Å²) in [5, 5.41) is 11.5. The monoisotopic (exact) mass is 458 g/mol. The molecule has 0 aromatic carbocycles. The molecule has 3 aromatic rings. The van der Waals surface area contributed by atoms with Crippen LogP contribution in [-0.2, 0) is 14.9 Å². The molecule has 3 aromatic heterocycles. The molecule has 1 fully saturated rings. The number of ether oxygens (including phenoxy) is 1. The summed E-state index contributed by atoms with van der Waals surface area (Å²) >= 11 is 0. The number of nitrogens with one attached hydrogen (secondary N) is 3. The van der Waals surface area contributed by atoms with Crippen LogP contribution in [0.3, 0.4) is 0 Å². The van der Waals surface area contributed by atoms with Gasteiger partial charge in [-0.3, -0.25) is 9.52 Å². The van der Waals surface area contributed by atoms with Crippen LogP contribution >= 0.6 is 0 Å². The first-order valence-electron chi connectivity index (χ1n) is 9.49. The number of aromatic nitrogens is 2. The van der Waals surface area contributed by atoms with Gasteiger partial charge in [0.1, 0.15) is 17.5 Å². The Labute approximate surface area is 183 Å². The predicted molar refractivity (Wildman–Crippen MR) is 114 cm³/mol. The van der Waals surface area contributed by atoms with E-state index in [4.69, 9.17) is 10.00 Å². The highest BCUT2D eigenvalue weighted by atomic mass is 32.2. The number of fused-ring (bicyclic) bond motifs is 1. The lowest BCUT2D eigenvalue weighted by Gasteiger charge is -2.38. The van der Waals surface area contributed by atoms with Crippen LogP contribution in [0.15, 0.2) is 36.5 Å². The number of nitrogens with zero attached hydrogens (tertiary/aromatic N) is 3. The van der Waals surface area contributed by atoms with Crippen LogP contribution in [0.1, 0.15) is 28.7 Å². The number of nitriles is 1. The van der Waals surface area contributed by atoms with E-state index in [9.17, 15) is 17.6 Å². The van der Waals surface area contributed by atoms with E-state index in [1.807, 2.05) is 0 Å². The molecule has 0 unspecified atom stereocenters. The summed E-state index contributed by atoms with van der Waals surface area (Å²) in [5.74, 6) is -1.53. The Morgan fingerprint density at radius 2 is 2.09 bits per heavy atom. The van der Waals surface area contributed by atoms with Gasteiger partial charge >= 0.3 is 0 Å². The Balaban J connectivity index is 1.70. The highest BCUT2D eigenvalue weighted by Gasteiger charge is 2.38. The van der Waals surface area contributed by atoms with Crippen LogP contribution in [0.2, 0.25) is 0 Å². The fraction of sp³-hybridized carbons (Fsp3) is 0.250. The number of hydrogen-bond donors (Lipinski definition) is 3. The molecular weight excluding hydrogens is 439 g/mol. The number of carbonyl (C=O) groups excluding carboxylic acids is 1. The number of halogens is 1. The fourth-order valence-corrected chi connectivity index (χ4v) is 4.85. The lowest BCUT2D eigenvalue weighted by Crippen LogP contribution is -2.60. The zero-order valence-electron chi connectivity index (χ0n) is 17.1. The highest BCUT2D eigenvalue weighted by Crippen LogP contribution is 2.30. The summed E-state index contributed by atoms with van der Waals surface area (Å²) in [6.45, 7) is 3.83. The average molecular weight is 458 g/mol. The second-order valence-electron chi connectivity index (χ2n) is 7.70. The maximum absolute atomic E-state index is 13.6. The van der Waals surface area contributed by atoms with Crippen molar-refractivity contribution in [2.45, 2.75) is 19.4 Å². The van der Waals surface area contributed by atoms with Gasteiger partial charge in [-0.2, -0.15) is 22.8 Å². The normalized spacial score (nSPS) is 15.1. The van der Waals surface area contributed by atoms with Crippen molar-refractivity contribution >= 4 is 33.0 Å². The summed E-state index contributed by atoms with van der Waals surface area (Å²) in [7, 11) is -3.97. The molecule has 1 amide bonds. The van der Waals surface area contributed by atoms with Gasteiger partial charge in [0.25, 0.3) is 16.1 Å². The zero-order chi connectivity index (χ0) is 23.1. The average Bonchev–Trinajstić information content (AvgIpc) is 2.97. The Bertz CT molecular complexity index is 1370. The van der Waals surface area contributed by atoms with Crippen LogP contribution < -0.4 is 14.8 Å². The molecule has 1 aliphatic rings. The van der Waals surface area contributed by atoms with E-state index in [0.717, 1.165) is 6.07 Å². The van der Waals surface area contributed by atoms with Gasteiger partial charge in [0.05, 0.1) is 30.0 Å². The largest absolute Gasteiger partial charge is 0.377 e. The van der Waals surface area contributed by atoms with Crippen LogP contribution in [0.25, 0.3) is 5.52 Å². The van der Waals surface area contributed by atoms with Crippen molar-refractivity contribution in [3.63, 3.8) is 0 Å².